The van der Waals surface area contributed by atoms with Crippen LogP contribution >= 0.6 is 0 Å². The zero-order chi connectivity index (χ0) is 23.1. The molecule has 1 aliphatic heterocycles. The van der Waals surface area contributed by atoms with Gasteiger partial charge in [-0.3, -0.25) is 0 Å². The molecule has 8 rings (SSSR count). The van der Waals surface area contributed by atoms with Crippen molar-refractivity contribution in [1.29, 1.82) is 0 Å². The van der Waals surface area contributed by atoms with E-state index in [1.54, 1.807) is 7.11 Å². The third-order valence-corrected chi connectivity index (χ3v) is 7.60. The van der Waals surface area contributed by atoms with Crippen molar-refractivity contribution in [3.8, 4) is 16.8 Å². The number of benzene rings is 5. The van der Waals surface area contributed by atoms with Crippen molar-refractivity contribution >= 4 is 43.6 Å². The molecule has 0 aliphatic carbocycles. The summed E-state index contributed by atoms with van der Waals surface area (Å²) in [5.74, 6) is 0. The second-order valence-electron chi connectivity index (χ2n) is 9.32. The number of hydrogen-bond donors (Lipinski definition) is 0. The minimum atomic E-state index is -0.153. The number of aromatic nitrogens is 2. The van der Waals surface area contributed by atoms with Crippen LogP contribution in [0.3, 0.4) is 0 Å². The summed E-state index contributed by atoms with van der Waals surface area (Å²) in [5, 5.41) is 5.06. The molecule has 0 radical (unpaired) electrons. The minimum absolute atomic E-state index is 0.153. The normalized spacial score (nSPS) is 14.8. The molecule has 0 amide bonds. The van der Waals surface area contributed by atoms with Gasteiger partial charge >= 0.3 is 0 Å². The largest absolute Gasteiger partial charge is 0.357 e. The predicted octanol–water partition coefficient (Wildman–Crippen LogP) is 8.07. The monoisotopic (exact) mass is 450 g/mol. The van der Waals surface area contributed by atoms with Crippen LogP contribution in [0.15, 0.2) is 109 Å². The predicted molar refractivity (Wildman–Crippen MR) is 144 cm³/mol. The van der Waals surface area contributed by atoms with E-state index in [1.165, 1.54) is 66.0 Å². The zero-order valence-electron chi connectivity index (χ0n) is 19.3. The molecule has 0 N–H and O–H groups in total. The highest BCUT2D eigenvalue weighted by Crippen LogP contribution is 2.47. The number of para-hydroxylation sites is 3. The Morgan fingerprint density at radius 2 is 1.14 bits per heavy atom. The molecular formula is C32H22N2O. The summed E-state index contributed by atoms with van der Waals surface area (Å²) in [7, 11) is 1.81. The number of hydrogen-bond acceptors (Lipinski definition) is 1. The van der Waals surface area contributed by atoms with Crippen molar-refractivity contribution < 1.29 is 4.74 Å². The van der Waals surface area contributed by atoms with Crippen LogP contribution in [0.25, 0.3) is 60.4 Å². The molecule has 0 fully saturated rings. The average Bonchev–Trinajstić information content (AvgIpc) is 3.43. The van der Waals surface area contributed by atoms with Gasteiger partial charge < -0.3 is 13.9 Å². The molecule has 0 saturated carbocycles. The van der Waals surface area contributed by atoms with Crippen LogP contribution in [-0.2, 0) is 4.74 Å². The van der Waals surface area contributed by atoms with Gasteiger partial charge in [-0.05, 0) is 35.9 Å². The highest BCUT2D eigenvalue weighted by atomic mass is 16.5. The van der Waals surface area contributed by atoms with Gasteiger partial charge in [0.1, 0.15) is 0 Å². The maximum absolute atomic E-state index is 6.11. The van der Waals surface area contributed by atoms with Crippen molar-refractivity contribution in [2.24, 2.45) is 0 Å². The summed E-state index contributed by atoms with van der Waals surface area (Å²) in [5.41, 5.74) is 9.75. The molecule has 7 aromatic rings. The van der Waals surface area contributed by atoms with Crippen molar-refractivity contribution in [3.63, 3.8) is 0 Å². The Bertz CT molecular complexity index is 1900. The molecule has 1 aliphatic rings. The lowest BCUT2D eigenvalue weighted by Crippen LogP contribution is -2.17. The van der Waals surface area contributed by atoms with Gasteiger partial charge in [0.2, 0.25) is 0 Å². The van der Waals surface area contributed by atoms with Gasteiger partial charge in [-0.15, -0.1) is 0 Å². The molecule has 166 valence electrons. The highest BCUT2D eigenvalue weighted by molar-refractivity contribution is 6.16. The van der Waals surface area contributed by atoms with E-state index in [-0.39, 0.29) is 6.23 Å². The molecule has 35 heavy (non-hydrogen) atoms. The number of nitrogens with zero attached hydrogens (tertiary/aromatic N) is 2. The quantitative estimate of drug-likeness (QED) is 0.261. The molecule has 5 aromatic carbocycles. The lowest BCUT2D eigenvalue weighted by molar-refractivity contribution is 0.0851. The molecule has 1 atom stereocenters. The van der Waals surface area contributed by atoms with E-state index in [0.29, 0.717) is 0 Å². The van der Waals surface area contributed by atoms with Gasteiger partial charge in [0, 0.05) is 45.5 Å². The molecular weight excluding hydrogens is 428 g/mol. The van der Waals surface area contributed by atoms with Crippen molar-refractivity contribution in [3.05, 3.63) is 115 Å². The van der Waals surface area contributed by atoms with Crippen molar-refractivity contribution in [2.45, 2.75) is 6.23 Å². The van der Waals surface area contributed by atoms with Crippen LogP contribution in [0.1, 0.15) is 11.8 Å². The van der Waals surface area contributed by atoms with E-state index in [9.17, 15) is 0 Å². The fourth-order valence-electron chi connectivity index (χ4n) is 6.22. The number of ether oxygens (including phenoxy) is 1. The molecule has 2 aromatic heterocycles. The second kappa shape index (κ2) is 6.84. The van der Waals surface area contributed by atoms with E-state index in [0.717, 1.165) is 0 Å². The average molecular weight is 451 g/mol. The van der Waals surface area contributed by atoms with E-state index >= 15 is 0 Å². The molecule has 3 heteroatoms. The first kappa shape index (κ1) is 19.0. The molecule has 3 nitrogen and oxygen atoms in total. The van der Waals surface area contributed by atoms with Crippen LogP contribution in [0.5, 0.6) is 0 Å². The second-order valence-corrected chi connectivity index (χ2v) is 9.32. The van der Waals surface area contributed by atoms with Gasteiger partial charge in [-0.1, -0.05) is 78.9 Å². The Balaban J connectivity index is 1.59. The summed E-state index contributed by atoms with van der Waals surface area (Å²) in [6.45, 7) is 0. The van der Waals surface area contributed by atoms with Gasteiger partial charge in [0.25, 0.3) is 0 Å². The molecule has 0 saturated heterocycles. The minimum Gasteiger partial charge on any atom is -0.357 e. The summed E-state index contributed by atoms with van der Waals surface area (Å²) in [6, 6.07) is 39.5. The van der Waals surface area contributed by atoms with Gasteiger partial charge in [-0.2, -0.15) is 0 Å². The summed E-state index contributed by atoms with van der Waals surface area (Å²) >= 11 is 0. The van der Waals surface area contributed by atoms with Gasteiger partial charge in [-0.25, -0.2) is 0 Å². The Hall–Kier alpha value is -4.34. The Morgan fingerprint density at radius 3 is 1.83 bits per heavy atom. The number of methoxy groups -OCH3 is 1. The molecule has 1 unspecified atom stereocenters. The third kappa shape index (κ3) is 2.38. The SMILES string of the molecule is COC1c2ccccc2-c2cc(-n3c4ccccc4c4ccccc43)cc3c4ccccc4n1c23. The number of fused-ring (bicyclic) bond motifs is 8. The van der Waals surface area contributed by atoms with E-state index in [1.807, 2.05) is 0 Å². The van der Waals surface area contributed by atoms with Crippen LogP contribution in [0, 0.1) is 0 Å². The maximum atomic E-state index is 6.11. The first-order valence-corrected chi connectivity index (χ1v) is 12.0. The van der Waals surface area contributed by atoms with E-state index < -0.39 is 0 Å². The maximum Gasteiger partial charge on any atom is 0.160 e. The first-order chi connectivity index (χ1) is 17.3. The topological polar surface area (TPSA) is 19.1 Å². The fraction of sp³-hybridized carbons (Fsp3) is 0.0625. The molecule has 0 spiro atoms. The van der Waals surface area contributed by atoms with Gasteiger partial charge in [0.05, 0.1) is 22.1 Å². The van der Waals surface area contributed by atoms with Crippen LogP contribution in [-0.4, -0.2) is 16.2 Å². The van der Waals surface area contributed by atoms with E-state index in [4.69, 9.17) is 4.74 Å². The van der Waals surface area contributed by atoms with Crippen LogP contribution in [0.4, 0.5) is 0 Å². The Kier molecular flexibility index (Phi) is 3.72. The fourth-order valence-corrected chi connectivity index (χ4v) is 6.22. The third-order valence-electron chi connectivity index (χ3n) is 7.60. The molecule has 0 bridgehead atoms. The Labute approximate surface area is 202 Å². The van der Waals surface area contributed by atoms with E-state index in [2.05, 4.69) is 118 Å². The van der Waals surface area contributed by atoms with Crippen LogP contribution in [0.2, 0.25) is 0 Å². The first-order valence-electron chi connectivity index (χ1n) is 12.0. The van der Waals surface area contributed by atoms with Crippen LogP contribution < -0.4 is 0 Å². The lowest BCUT2D eigenvalue weighted by Gasteiger charge is -2.28. The van der Waals surface area contributed by atoms with Gasteiger partial charge in [0.15, 0.2) is 6.23 Å². The summed E-state index contributed by atoms with van der Waals surface area (Å²) < 4.78 is 10.9. The Morgan fingerprint density at radius 1 is 0.571 bits per heavy atom. The highest BCUT2D eigenvalue weighted by Gasteiger charge is 2.30. The van der Waals surface area contributed by atoms with Crippen molar-refractivity contribution in [2.75, 3.05) is 7.11 Å². The summed E-state index contributed by atoms with van der Waals surface area (Å²) in [6.07, 6.45) is -0.153. The summed E-state index contributed by atoms with van der Waals surface area (Å²) in [4.78, 5) is 0. The number of rotatable bonds is 2. The zero-order valence-corrected chi connectivity index (χ0v) is 19.3. The molecule has 3 heterocycles. The smallest absolute Gasteiger partial charge is 0.160 e. The van der Waals surface area contributed by atoms with Crippen molar-refractivity contribution in [1.82, 2.24) is 9.13 Å². The standard InChI is InChI=1S/C32H22N2O/c1-35-32-25-14-3-2-10-21(25)26-18-20(19-27-24-13-6-9-17-30(24)34(32)31(26)27)33-28-15-7-4-11-22(28)23-12-5-8-16-29(23)33/h2-19,32H,1H3. The lowest BCUT2D eigenvalue weighted by atomic mass is 9.93.